The number of aromatic nitrogens is 4. The average Bonchev–Trinajstić information content (AvgIpc) is 2.95. The maximum atomic E-state index is 11.7. The van der Waals surface area contributed by atoms with Crippen molar-refractivity contribution < 1.29 is 0 Å². The molecule has 2 aromatic rings. The lowest BCUT2D eigenvalue weighted by Gasteiger charge is -2.32. The van der Waals surface area contributed by atoms with Gasteiger partial charge in [0, 0.05) is 36.2 Å². The molecule has 0 saturated carbocycles. The Morgan fingerprint density at radius 3 is 2.79 bits per heavy atom. The van der Waals surface area contributed by atoms with Crippen molar-refractivity contribution in [2.45, 2.75) is 58.4 Å². The van der Waals surface area contributed by atoms with Crippen LogP contribution in [0.3, 0.4) is 0 Å². The number of nitrogens with one attached hydrogen (secondary N) is 2. The molecule has 1 saturated heterocycles. The van der Waals surface area contributed by atoms with E-state index in [-0.39, 0.29) is 11.0 Å². The van der Waals surface area contributed by atoms with Crippen LogP contribution < -0.4 is 5.56 Å². The third-order valence-corrected chi connectivity index (χ3v) is 4.60. The summed E-state index contributed by atoms with van der Waals surface area (Å²) in [6, 6.07) is 3.81. The monoisotopic (exact) mass is 329 g/mol. The van der Waals surface area contributed by atoms with E-state index in [1.165, 1.54) is 0 Å². The summed E-state index contributed by atoms with van der Waals surface area (Å²) in [5.74, 6) is 1.02. The van der Waals surface area contributed by atoms with Gasteiger partial charge < -0.3 is 4.98 Å². The molecule has 2 aromatic heterocycles. The van der Waals surface area contributed by atoms with E-state index in [4.69, 9.17) is 0 Å². The number of H-pyrrole nitrogens is 2. The molecule has 0 bridgehead atoms. The Labute approximate surface area is 142 Å². The molecule has 6 nitrogen and oxygen atoms in total. The summed E-state index contributed by atoms with van der Waals surface area (Å²) in [4.78, 5) is 21.4. The third-order valence-electron chi connectivity index (χ3n) is 4.60. The second-order valence-electron chi connectivity index (χ2n) is 7.86. The molecule has 0 aromatic carbocycles. The van der Waals surface area contributed by atoms with Crippen LogP contribution in [-0.4, -0.2) is 38.2 Å². The molecule has 1 unspecified atom stereocenters. The van der Waals surface area contributed by atoms with E-state index in [9.17, 15) is 4.79 Å². The van der Waals surface area contributed by atoms with Gasteiger partial charge in [-0.25, -0.2) is 4.98 Å². The molecule has 3 rings (SSSR count). The van der Waals surface area contributed by atoms with Crippen LogP contribution in [0.2, 0.25) is 0 Å². The largest absolute Gasteiger partial charge is 0.311 e. The number of hydrogen-bond acceptors (Lipinski definition) is 4. The Balaban J connectivity index is 1.69. The average molecular weight is 329 g/mol. The predicted molar refractivity (Wildman–Crippen MR) is 94.1 cm³/mol. The number of nitrogens with zero attached hydrogens (tertiary/aromatic N) is 3. The smallest absolute Gasteiger partial charge is 0.251 e. The van der Waals surface area contributed by atoms with Crippen molar-refractivity contribution in [1.82, 2.24) is 25.1 Å². The van der Waals surface area contributed by atoms with Gasteiger partial charge in [0.15, 0.2) is 0 Å². The molecule has 0 spiro atoms. The Morgan fingerprint density at radius 1 is 1.33 bits per heavy atom. The third kappa shape index (κ3) is 3.93. The highest BCUT2D eigenvalue weighted by atomic mass is 16.1. The van der Waals surface area contributed by atoms with Gasteiger partial charge in [-0.2, -0.15) is 5.10 Å². The summed E-state index contributed by atoms with van der Waals surface area (Å²) in [5.41, 5.74) is 3.17. The maximum Gasteiger partial charge on any atom is 0.251 e. The molecule has 2 N–H and O–H groups in total. The fraction of sp³-hybridized carbons (Fsp3) is 0.611. The molecule has 1 fully saturated rings. The molecule has 3 heterocycles. The van der Waals surface area contributed by atoms with Crippen molar-refractivity contribution in [2.24, 2.45) is 0 Å². The van der Waals surface area contributed by atoms with Gasteiger partial charge in [-0.05, 0) is 32.4 Å². The highest BCUT2D eigenvalue weighted by molar-refractivity contribution is 5.16. The molecule has 24 heavy (non-hydrogen) atoms. The molecule has 0 aliphatic carbocycles. The van der Waals surface area contributed by atoms with Crippen LogP contribution in [0.1, 0.15) is 62.4 Å². The van der Waals surface area contributed by atoms with Gasteiger partial charge in [0.05, 0.1) is 11.4 Å². The zero-order valence-corrected chi connectivity index (χ0v) is 15.0. The van der Waals surface area contributed by atoms with Gasteiger partial charge in [0.1, 0.15) is 5.82 Å². The zero-order chi connectivity index (χ0) is 17.3. The summed E-state index contributed by atoms with van der Waals surface area (Å²) >= 11 is 0. The second-order valence-corrected chi connectivity index (χ2v) is 7.86. The lowest BCUT2D eigenvalue weighted by atomic mass is 9.92. The van der Waals surface area contributed by atoms with E-state index in [0.717, 1.165) is 49.6 Å². The van der Waals surface area contributed by atoms with E-state index in [1.807, 2.05) is 6.92 Å². The van der Waals surface area contributed by atoms with Gasteiger partial charge in [0.25, 0.3) is 5.56 Å². The molecular weight excluding hydrogens is 302 g/mol. The van der Waals surface area contributed by atoms with Crippen molar-refractivity contribution in [1.29, 1.82) is 0 Å². The fourth-order valence-electron chi connectivity index (χ4n) is 3.32. The summed E-state index contributed by atoms with van der Waals surface area (Å²) in [6.07, 6.45) is 2.21. The van der Waals surface area contributed by atoms with Crippen molar-refractivity contribution >= 4 is 0 Å². The Hall–Kier alpha value is -1.95. The number of likely N-dealkylation sites (tertiary alicyclic amines) is 1. The van der Waals surface area contributed by atoms with Gasteiger partial charge in [-0.3, -0.25) is 14.8 Å². The molecular formula is C18H27N5O. The Kier molecular flexibility index (Phi) is 4.58. The van der Waals surface area contributed by atoms with Crippen LogP contribution in [0.15, 0.2) is 16.9 Å². The van der Waals surface area contributed by atoms with Gasteiger partial charge >= 0.3 is 0 Å². The summed E-state index contributed by atoms with van der Waals surface area (Å²) in [5, 5.41) is 7.61. The molecule has 1 aliphatic rings. The van der Waals surface area contributed by atoms with E-state index in [0.29, 0.717) is 11.7 Å². The van der Waals surface area contributed by atoms with E-state index in [1.54, 1.807) is 6.07 Å². The van der Waals surface area contributed by atoms with Crippen LogP contribution in [0.4, 0.5) is 0 Å². The minimum absolute atomic E-state index is 0.0574. The fourth-order valence-corrected chi connectivity index (χ4v) is 3.32. The number of aryl methyl sites for hydroxylation is 1. The Bertz CT molecular complexity index is 755. The second kappa shape index (κ2) is 6.51. The minimum atomic E-state index is -0.0574. The number of hydrogen-bond donors (Lipinski definition) is 2. The van der Waals surface area contributed by atoms with Crippen molar-refractivity contribution in [3.8, 4) is 0 Å². The number of rotatable bonds is 3. The van der Waals surface area contributed by atoms with E-state index >= 15 is 0 Å². The van der Waals surface area contributed by atoms with Crippen LogP contribution in [0.25, 0.3) is 0 Å². The lowest BCUT2D eigenvalue weighted by Crippen LogP contribution is -2.34. The van der Waals surface area contributed by atoms with Crippen LogP contribution in [0.5, 0.6) is 0 Å². The number of piperidine rings is 1. The predicted octanol–water partition coefficient (Wildman–Crippen LogP) is 2.48. The quantitative estimate of drug-likeness (QED) is 0.907. The summed E-state index contributed by atoms with van der Waals surface area (Å²) in [7, 11) is 0. The van der Waals surface area contributed by atoms with Crippen molar-refractivity contribution in [2.75, 3.05) is 13.1 Å². The van der Waals surface area contributed by atoms with Crippen LogP contribution in [-0.2, 0) is 12.0 Å². The highest BCUT2D eigenvalue weighted by Crippen LogP contribution is 2.26. The van der Waals surface area contributed by atoms with Crippen LogP contribution in [0, 0.1) is 6.92 Å². The molecule has 130 valence electrons. The molecule has 1 aliphatic heterocycles. The maximum absolute atomic E-state index is 11.7. The van der Waals surface area contributed by atoms with Gasteiger partial charge in [-0.1, -0.05) is 20.8 Å². The normalized spacial score (nSPS) is 19.6. The van der Waals surface area contributed by atoms with Gasteiger partial charge in [0.2, 0.25) is 0 Å². The van der Waals surface area contributed by atoms with Gasteiger partial charge in [-0.15, -0.1) is 0 Å². The topological polar surface area (TPSA) is 77.7 Å². The molecule has 0 radical (unpaired) electrons. The minimum Gasteiger partial charge on any atom is -0.311 e. The van der Waals surface area contributed by atoms with E-state index < -0.39 is 0 Å². The first-order valence-electron chi connectivity index (χ1n) is 8.66. The first-order chi connectivity index (χ1) is 11.3. The van der Waals surface area contributed by atoms with E-state index in [2.05, 4.69) is 51.9 Å². The first kappa shape index (κ1) is 16.9. The SMILES string of the molecule is Cc1nc(C2CCCN(Cc3cc(C(C)(C)C)n[nH]3)C2)cc(=O)[nH]1. The molecule has 0 amide bonds. The first-order valence-corrected chi connectivity index (χ1v) is 8.66. The summed E-state index contributed by atoms with van der Waals surface area (Å²) < 4.78 is 0. The lowest BCUT2D eigenvalue weighted by molar-refractivity contribution is 0.196. The molecule has 1 atom stereocenters. The standard InChI is InChI=1S/C18H27N5O/c1-12-19-15(9-17(24)20-12)13-6-5-7-23(10-13)11-14-8-16(22-21-14)18(2,3)4/h8-9,13H,5-7,10-11H2,1-4H3,(H,21,22)(H,19,20,24). The number of aromatic amines is 2. The van der Waals surface area contributed by atoms with Crippen LogP contribution >= 0.6 is 0 Å². The highest BCUT2D eigenvalue weighted by Gasteiger charge is 2.24. The zero-order valence-electron chi connectivity index (χ0n) is 15.0. The van der Waals surface area contributed by atoms with Crippen molar-refractivity contribution in [3.05, 3.63) is 45.4 Å². The summed E-state index contributed by atoms with van der Waals surface area (Å²) in [6.45, 7) is 11.2. The molecule has 6 heteroatoms. The Morgan fingerprint density at radius 2 is 2.12 bits per heavy atom. The van der Waals surface area contributed by atoms with Crippen molar-refractivity contribution in [3.63, 3.8) is 0 Å².